The van der Waals surface area contributed by atoms with Gasteiger partial charge in [0.25, 0.3) is 0 Å². The first-order chi connectivity index (χ1) is 8.30. The highest BCUT2D eigenvalue weighted by atomic mass is 16.5. The maximum Gasteiger partial charge on any atom is 0.0700 e. The third-order valence-corrected chi connectivity index (χ3v) is 3.95. The van der Waals surface area contributed by atoms with E-state index >= 15 is 0 Å². The van der Waals surface area contributed by atoms with E-state index in [1.807, 2.05) is 0 Å². The molecular formula is C15H31NO. The lowest BCUT2D eigenvalue weighted by Gasteiger charge is -2.31. The highest BCUT2D eigenvalue weighted by Crippen LogP contribution is 2.29. The zero-order valence-electron chi connectivity index (χ0n) is 12.0. The van der Waals surface area contributed by atoms with Crippen LogP contribution in [-0.2, 0) is 4.74 Å². The molecule has 1 aliphatic rings. The summed E-state index contributed by atoms with van der Waals surface area (Å²) in [5, 5.41) is 3.48. The summed E-state index contributed by atoms with van der Waals surface area (Å²) in [4.78, 5) is 0. The van der Waals surface area contributed by atoms with E-state index in [1.54, 1.807) is 0 Å². The summed E-state index contributed by atoms with van der Waals surface area (Å²) in [7, 11) is 0. The molecule has 102 valence electrons. The molecule has 0 aromatic rings. The summed E-state index contributed by atoms with van der Waals surface area (Å²) in [5.74, 6) is 0.912. The summed E-state index contributed by atoms with van der Waals surface area (Å²) in [6, 6.07) is 0. The summed E-state index contributed by atoms with van der Waals surface area (Å²) in [5.41, 5.74) is 0. The molecule has 0 bridgehead atoms. The molecule has 3 atom stereocenters. The van der Waals surface area contributed by atoms with Crippen LogP contribution in [0, 0.1) is 5.92 Å². The van der Waals surface area contributed by atoms with Crippen LogP contribution in [-0.4, -0.2) is 25.3 Å². The average Bonchev–Trinajstić information content (AvgIpc) is 2.38. The lowest BCUT2D eigenvalue weighted by atomic mass is 9.85. The number of rotatable bonds is 8. The molecule has 1 rings (SSSR count). The molecule has 0 amide bonds. The van der Waals surface area contributed by atoms with Crippen molar-refractivity contribution < 1.29 is 4.74 Å². The van der Waals surface area contributed by atoms with Crippen molar-refractivity contribution in [1.29, 1.82) is 0 Å². The van der Waals surface area contributed by atoms with Crippen molar-refractivity contribution in [1.82, 2.24) is 5.32 Å². The third kappa shape index (κ3) is 5.87. The Balaban J connectivity index is 2.24. The molecule has 0 spiro atoms. The van der Waals surface area contributed by atoms with Crippen molar-refractivity contribution in [2.24, 2.45) is 5.92 Å². The van der Waals surface area contributed by atoms with Crippen LogP contribution in [0.1, 0.15) is 65.7 Å². The van der Waals surface area contributed by atoms with Crippen molar-refractivity contribution in [3.05, 3.63) is 0 Å². The van der Waals surface area contributed by atoms with E-state index < -0.39 is 0 Å². The van der Waals surface area contributed by atoms with Gasteiger partial charge in [0.2, 0.25) is 0 Å². The molecule has 2 heteroatoms. The van der Waals surface area contributed by atoms with Crippen LogP contribution < -0.4 is 5.32 Å². The monoisotopic (exact) mass is 241 g/mol. The summed E-state index contributed by atoms with van der Waals surface area (Å²) in [6.45, 7) is 8.90. The Bertz CT molecular complexity index is 184. The molecule has 1 aliphatic carbocycles. The van der Waals surface area contributed by atoms with Crippen LogP contribution in [0.5, 0.6) is 0 Å². The molecule has 17 heavy (non-hydrogen) atoms. The van der Waals surface area contributed by atoms with Gasteiger partial charge in [0.1, 0.15) is 0 Å². The fourth-order valence-electron chi connectivity index (χ4n) is 2.74. The van der Waals surface area contributed by atoms with Gasteiger partial charge < -0.3 is 10.1 Å². The molecule has 0 saturated heterocycles. The van der Waals surface area contributed by atoms with Gasteiger partial charge in [-0.2, -0.15) is 0 Å². The minimum Gasteiger partial charge on any atom is -0.374 e. The quantitative estimate of drug-likeness (QED) is 0.653. The first-order valence-electron chi connectivity index (χ1n) is 7.66. The van der Waals surface area contributed by atoms with E-state index in [9.17, 15) is 0 Å². The van der Waals surface area contributed by atoms with E-state index in [1.165, 1.54) is 38.5 Å². The molecular weight excluding hydrogens is 210 g/mol. The third-order valence-electron chi connectivity index (χ3n) is 3.95. The minimum atomic E-state index is 0.419. The second-order valence-corrected chi connectivity index (χ2v) is 5.43. The largest absolute Gasteiger partial charge is 0.374 e. The molecule has 0 radical (unpaired) electrons. The standard InChI is InChI=1S/C15H31NO/c1-4-10-16-12-14(6-3)17-15-9-7-8-13(5-2)11-15/h13-16H,4-12H2,1-3H3. The molecule has 0 aliphatic heterocycles. The topological polar surface area (TPSA) is 21.3 Å². The Kier molecular flexibility index (Phi) is 7.87. The van der Waals surface area contributed by atoms with E-state index in [0.29, 0.717) is 12.2 Å². The molecule has 1 N–H and O–H groups in total. The minimum absolute atomic E-state index is 0.419. The van der Waals surface area contributed by atoms with Crippen LogP contribution in [0.3, 0.4) is 0 Å². The Hall–Kier alpha value is -0.0800. The van der Waals surface area contributed by atoms with Crippen molar-refractivity contribution in [3.8, 4) is 0 Å². The van der Waals surface area contributed by atoms with E-state index in [-0.39, 0.29) is 0 Å². The average molecular weight is 241 g/mol. The lowest BCUT2D eigenvalue weighted by molar-refractivity contribution is -0.0409. The Labute approximate surface area is 108 Å². The predicted octanol–water partition coefficient (Wildman–Crippen LogP) is 3.75. The van der Waals surface area contributed by atoms with E-state index in [2.05, 4.69) is 26.1 Å². The van der Waals surface area contributed by atoms with Crippen LogP contribution in [0.4, 0.5) is 0 Å². The number of ether oxygens (including phenoxy) is 1. The maximum absolute atomic E-state index is 6.26. The first-order valence-corrected chi connectivity index (χ1v) is 7.66. The maximum atomic E-state index is 6.26. The van der Waals surface area contributed by atoms with Gasteiger partial charge in [-0.25, -0.2) is 0 Å². The molecule has 1 fully saturated rings. The van der Waals surface area contributed by atoms with Crippen molar-refractivity contribution in [2.75, 3.05) is 13.1 Å². The van der Waals surface area contributed by atoms with Gasteiger partial charge >= 0.3 is 0 Å². The van der Waals surface area contributed by atoms with Crippen molar-refractivity contribution in [2.45, 2.75) is 77.9 Å². The van der Waals surface area contributed by atoms with Gasteiger partial charge in [-0.3, -0.25) is 0 Å². The van der Waals surface area contributed by atoms with Crippen LogP contribution >= 0.6 is 0 Å². The summed E-state index contributed by atoms with van der Waals surface area (Å²) < 4.78 is 6.26. The van der Waals surface area contributed by atoms with Crippen LogP contribution in [0.2, 0.25) is 0 Å². The summed E-state index contributed by atoms with van der Waals surface area (Å²) in [6.07, 6.45) is 9.96. The Morgan fingerprint density at radius 3 is 2.71 bits per heavy atom. The highest BCUT2D eigenvalue weighted by Gasteiger charge is 2.23. The van der Waals surface area contributed by atoms with Gasteiger partial charge in [0, 0.05) is 6.54 Å². The SMILES string of the molecule is CCCNCC(CC)OC1CCCC(CC)C1. The molecule has 2 nitrogen and oxygen atoms in total. The zero-order valence-corrected chi connectivity index (χ0v) is 12.0. The Morgan fingerprint density at radius 1 is 1.24 bits per heavy atom. The molecule has 0 aromatic carbocycles. The van der Waals surface area contributed by atoms with E-state index in [4.69, 9.17) is 4.74 Å². The van der Waals surface area contributed by atoms with E-state index in [0.717, 1.165) is 25.4 Å². The van der Waals surface area contributed by atoms with Gasteiger partial charge in [0.15, 0.2) is 0 Å². The zero-order chi connectivity index (χ0) is 12.5. The van der Waals surface area contributed by atoms with Gasteiger partial charge in [-0.05, 0) is 38.1 Å². The second-order valence-electron chi connectivity index (χ2n) is 5.43. The van der Waals surface area contributed by atoms with Crippen molar-refractivity contribution >= 4 is 0 Å². The van der Waals surface area contributed by atoms with Gasteiger partial charge in [-0.1, -0.05) is 40.0 Å². The first kappa shape index (κ1) is 15.0. The normalized spacial score (nSPS) is 27.0. The number of nitrogens with one attached hydrogen (secondary N) is 1. The Morgan fingerprint density at radius 2 is 2.06 bits per heavy atom. The molecule has 0 aromatic heterocycles. The van der Waals surface area contributed by atoms with Crippen LogP contribution in [0.25, 0.3) is 0 Å². The molecule has 0 heterocycles. The highest BCUT2D eigenvalue weighted by molar-refractivity contribution is 4.74. The number of hydrogen-bond donors (Lipinski definition) is 1. The van der Waals surface area contributed by atoms with Crippen molar-refractivity contribution in [3.63, 3.8) is 0 Å². The molecule has 3 unspecified atom stereocenters. The molecule has 1 saturated carbocycles. The fourth-order valence-corrected chi connectivity index (χ4v) is 2.74. The fraction of sp³-hybridized carbons (Fsp3) is 1.00. The van der Waals surface area contributed by atoms with Gasteiger partial charge in [-0.15, -0.1) is 0 Å². The van der Waals surface area contributed by atoms with Crippen LogP contribution in [0.15, 0.2) is 0 Å². The smallest absolute Gasteiger partial charge is 0.0700 e. The second kappa shape index (κ2) is 8.93. The predicted molar refractivity (Wildman–Crippen MR) is 74.4 cm³/mol. The number of hydrogen-bond acceptors (Lipinski definition) is 2. The van der Waals surface area contributed by atoms with Gasteiger partial charge in [0.05, 0.1) is 12.2 Å². The summed E-state index contributed by atoms with van der Waals surface area (Å²) >= 11 is 0. The lowest BCUT2D eigenvalue weighted by Crippen LogP contribution is -2.34.